The van der Waals surface area contributed by atoms with Crippen LogP contribution in [0.3, 0.4) is 0 Å². The Morgan fingerprint density at radius 3 is 2.52 bits per heavy atom. The van der Waals surface area contributed by atoms with Gasteiger partial charge >= 0.3 is 0 Å². The van der Waals surface area contributed by atoms with E-state index >= 15 is 0 Å². The Morgan fingerprint density at radius 2 is 1.90 bits per heavy atom. The molecule has 5 heteroatoms. The van der Waals surface area contributed by atoms with Crippen LogP contribution in [0.15, 0.2) is 30.6 Å². The maximum atomic E-state index is 5.18. The zero-order valence-electron chi connectivity index (χ0n) is 13.1. The van der Waals surface area contributed by atoms with E-state index in [1.165, 1.54) is 5.56 Å². The molecule has 0 saturated heterocycles. The van der Waals surface area contributed by atoms with Crippen molar-refractivity contribution in [2.75, 3.05) is 30.9 Å². The molecule has 0 saturated carbocycles. The second-order valence-corrected chi connectivity index (χ2v) is 4.91. The molecule has 0 aliphatic carbocycles. The van der Waals surface area contributed by atoms with E-state index in [1.807, 2.05) is 26.1 Å². The number of ether oxygens (including phenoxy) is 1. The van der Waals surface area contributed by atoms with Crippen LogP contribution in [-0.2, 0) is 6.54 Å². The molecule has 1 N–H and O–H groups in total. The van der Waals surface area contributed by atoms with Crippen LogP contribution >= 0.6 is 0 Å². The van der Waals surface area contributed by atoms with Gasteiger partial charge in [-0.15, -0.1) is 0 Å². The second-order valence-electron chi connectivity index (χ2n) is 4.91. The Labute approximate surface area is 126 Å². The minimum absolute atomic E-state index is 0.785. The van der Waals surface area contributed by atoms with Crippen molar-refractivity contribution in [3.8, 4) is 5.75 Å². The van der Waals surface area contributed by atoms with Gasteiger partial charge in [-0.05, 0) is 31.5 Å². The average molecular weight is 286 g/mol. The molecule has 21 heavy (non-hydrogen) atoms. The van der Waals surface area contributed by atoms with Crippen molar-refractivity contribution in [3.05, 3.63) is 41.7 Å². The first-order valence-corrected chi connectivity index (χ1v) is 7.05. The summed E-state index contributed by atoms with van der Waals surface area (Å²) < 4.78 is 5.18. The lowest BCUT2D eigenvalue weighted by Gasteiger charge is -2.21. The molecule has 2 aromatic rings. The second kappa shape index (κ2) is 6.92. The van der Waals surface area contributed by atoms with Crippen LogP contribution in [0.2, 0.25) is 0 Å². The van der Waals surface area contributed by atoms with E-state index in [4.69, 9.17) is 4.74 Å². The van der Waals surface area contributed by atoms with E-state index in [-0.39, 0.29) is 0 Å². The van der Waals surface area contributed by atoms with Crippen molar-refractivity contribution < 1.29 is 4.74 Å². The molecule has 1 aromatic heterocycles. The molecule has 2 rings (SSSR count). The van der Waals surface area contributed by atoms with Crippen molar-refractivity contribution in [3.63, 3.8) is 0 Å². The minimum atomic E-state index is 0.785. The maximum absolute atomic E-state index is 5.18. The highest BCUT2D eigenvalue weighted by Crippen LogP contribution is 2.23. The van der Waals surface area contributed by atoms with Gasteiger partial charge in [0.15, 0.2) is 0 Å². The number of hydrogen-bond acceptors (Lipinski definition) is 5. The van der Waals surface area contributed by atoms with Gasteiger partial charge in [-0.3, -0.25) is 0 Å². The number of hydrogen-bond donors (Lipinski definition) is 1. The molecular weight excluding hydrogens is 264 g/mol. The largest absolute Gasteiger partial charge is 0.497 e. The fraction of sp³-hybridized carbons (Fsp3) is 0.375. The Bertz CT molecular complexity index is 583. The minimum Gasteiger partial charge on any atom is -0.497 e. The van der Waals surface area contributed by atoms with Crippen LogP contribution in [0.5, 0.6) is 5.75 Å². The van der Waals surface area contributed by atoms with Gasteiger partial charge in [-0.25, -0.2) is 9.97 Å². The van der Waals surface area contributed by atoms with E-state index in [0.29, 0.717) is 0 Å². The van der Waals surface area contributed by atoms with Crippen molar-refractivity contribution >= 4 is 11.6 Å². The van der Waals surface area contributed by atoms with Gasteiger partial charge in [0, 0.05) is 25.7 Å². The Balaban J connectivity index is 2.15. The number of anilines is 2. The summed E-state index contributed by atoms with van der Waals surface area (Å²) in [5.41, 5.74) is 2.27. The monoisotopic (exact) mass is 286 g/mol. The molecule has 0 fully saturated rings. The van der Waals surface area contributed by atoms with Crippen LogP contribution in [0, 0.1) is 6.92 Å². The Hall–Kier alpha value is -2.30. The molecule has 1 heterocycles. The summed E-state index contributed by atoms with van der Waals surface area (Å²) in [6, 6.07) is 8.08. The highest BCUT2D eigenvalue weighted by molar-refractivity contribution is 5.57. The lowest BCUT2D eigenvalue weighted by molar-refractivity contribution is 0.414. The average Bonchev–Trinajstić information content (AvgIpc) is 2.50. The molecule has 1 aromatic carbocycles. The first-order valence-electron chi connectivity index (χ1n) is 7.05. The van der Waals surface area contributed by atoms with Gasteiger partial charge in [0.25, 0.3) is 0 Å². The number of nitrogens with zero attached hydrogens (tertiary/aromatic N) is 3. The highest BCUT2D eigenvalue weighted by Gasteiger charge is 2.11. The number of nitrogens with one attached hydrogen (secondary N) is 1. The lowest BCUT2D eigenvalue weighted by Crippen LogP contribution is -2.20. The quantitative estimate of drug-likeness (QED) is 0.885. The van der Waals surface area contributed by atoms with Crippen LogP contribution in [0.4, 0.5) is 11.6 Å². The van der Waals surface area contributed by atoms with Crippen molar-refractivity contribution in [1.82, 2.24) is 9.97 Å². The van der Waals surface area contributed by atoms with Gasteiger partial charge in [0.05, 0.1) is 7.11 Å². The summed E-state index contributed by atoms with van der Waals surface area (Å²) in [4.78, 5) is 10.8. The summed E-state index contributed by atoms with van der Waals surface area (Å²) in [5, 5.41) is 3.26. The number of aromatic nitrogens is 2. The van der Waals surface area contributed by atoms with Gasteiger partial charge < -0.3 is 15.0 Å². The normalized spacial score (nSPS) is 10.3. The number of methoxy groups -OCH3 is 1. The Kier molecular flexibility index (Phi) is 4.98. The van der Waals surface area contributed by atoms with E-state index in [1.54, 1.807) is 13.4 Å². The van der Waals surface area contributed by atoms with Crippen LogP contribution in [0.1, 0.15) is 18.1 Å². The van der Waals surface area contributed by atoms with Crippen LogP contribution < -0.4 is 15.0 Å². The first-order chi connectivity index (χ1) is 10.2. The summed E-state index contributed by atoms with van der Waals surface area (Å²) in [7, 11) is 3.71. The van der Waals surface area contributed by atoms with Crippen LogP contribution in [0.25, 0.3) is 0 Å². The third-order valence-electron chi connectivity index (χ3n) is 3.34. The SMILES string of the molecule is CCNc1ncnc(N(C)Cc2ccc(OC)cc2)c1C. The molecular formula is C16H22N4O. The van der Waals surface area contributed by atoms with Crippen LogP contribution in [-0.4, -0.2) is 30.7 Å². The molecule has 0 aliphatic heterocycles. The lowest BCUT2D eigenvalue weighted by atomic mass is 10.2. The topological polar surface area (TPSA) is 50.3 Å². The third kappa shape index (κ3) is 3.62. The molecule has 0 amide bonds. The van der Waals surface area contributed by atoms with E-state index in [2.05, 4.69) is 39.2 Å². The first kappa shape index (κ1) is 15.1. The summed E-state index contributed by atoms with van der Waals surface area (Å²) in [5.74, 6) is 2.70. The number of benzene rings is 1. The fourth-order valence-electron chi connectivity index (χ4n) is 2.25. The molecule has 0 atom stereocenters. The van der Waals surface area contributed by atoms with Crippen molar-refractivity contribution in [2.24, 2.45) is 0 Å². The fourth-order valence-corrected chi connectivity index (χ4v) is 2.25. The van der Waals surface area contributed by atoms with Gasteiger partial charge in [-0.1, -0.05) is 12.1 Å². The zero-order valence-corrected chi connectivity index (χ0v) is 13.1. The summed E-state index contributed by atoms with van der Waals surface area (Å²) >= 11 is 0. The molecule has 0 unspecified atom stereocenters. The van der Waals surface area contributed by atoms with E-state index in [0.717, 1.165) is 36.0 Å². The smallest absolute Gasteiger partial charge is 0.137 e. The molecule has 5 nitrogen and oxygen atoms in total. The molecule has 0 bridgehead atoms. The summed E-state index contributed by atoms with van der Waals surface area (Å²) in [6.07, 6.45) is 1.60. The number of rotatable bonds is 6. The van der Waals surface area contributed by atoms with Crippen molar-refractivity contribution in [2.45, 2.75) is 20.4 Å². The van der Waals surface area contributed by atoms with Gasteiger partial charge in [0.1, 0.15) is 23.7 Å². The highest BCUT2D eigenvalue weighted by atomic mass is 16.5. The zero-order chi connectivity index (χ0) is 15.2. The predicted molar refractivity (Wildman–Crippen MR) is 86.0 cm³/mol. The molecule has 0 aliphatic rings. The molecule has 0 radical (unpaired) electrons. The van der Waals surface area contributed by atoms with Crippen molar-refractivity contribution in [1.29, 1.82) is 0 Å². The van der Waals surface area contributed by atoms with E-state index in [9.17, 15) is 0 Å². The maximum Gasteiger partial charge on any atom is 0.137 e. The van der Waals surface area contributed by atoms with Gasteiger partial charge in [-0.2, -0.15) is 0 Å². The Morgan fingerprint density at radius 1 is 1.19 bits per heavy atom. The molecule has 112 valence electrons. The standard InChI is InChI=1S/C16H22N4O/c1-5-17-15-12(2)16(19-11-18-15)20(3)10-13-6-8-14(21-4)9-7-13/h6-9,11H,5,10H2,1-4H3,(H,17,18,19). The van der Waals surface area contributed by atoms with E-state index < -0.39 is 0 Å². The van der Waals surface area contributed by atoms with Gasteiger partial charge in [0.2, 0.25) is 0 Å². The third-order valence-corrected chi connectivity index (χ3v) is 3.34. The molecule has 0 spiro atoms. The predicted octanol–water partition coefficient (Wildman–Crippen LogP) is 2.86. The summed E-state index contributed by atoms with van der Waals surface area (Å²) in [6.45, 7) is 5.73.